The largest absolute Gasteiger partial charge is 0.391 e. The van der Waals surface area contributed by atoms with Crippen molar-refractivity contribution in [3.8, 4) is 0 Å². The van der Waals surface area contributed by atoms with Gasteiger partial charge in [0.25, 0.3) is 0 Å². The van der Waals surface area contributed by atoms with E-state index in [0.29, 0.717) is 13.2 Å². The molecule has 0 aliphatic carbocycles. The highest BCUT2D eigenvalue weighted by Gasteiger charge is 2.23. The second-order valence-electron chi connectivity index (χ2n) is 10.9. The third-order valence-corrected chi connectivity index (χ3v) is 7.69. The molecule has 0 bridgehead atoms. The molecule has 0 aliphatic heterocycles. The topological polar surface area (TPSA) is 18.5 Å². The van der Waals surface area contributed by atoms with E-state index >= 15 is 0 Å². The van der Waals surface area contributed by atoms with Gasteiger partial charge in [0.2, 0.25) is 0 Å². The van der Waals surface area contributed by atoms with Gasteiger partial charge in [-0.2, -0.15) is 0 Å². The van der Waals surface area contributed by atoms with Crippen molar-refractivity contribution in [3.63, 3.8) is 0 Å². The summed E-state index contributed by atoms with van der Waals surface area (Å²) in [5.41, 5.74) is 8.57. The Balaban J connectivity index is 4.22. The van der Waals surface area contributed by atoms with Gasteiger partial charge in [0.15, 0.2) is 0 Å². The minimum Gasteiger partial charge on any atom is -0.391 e. The standard InChI is InChI=1S/C32H56O2Si/c1-27(2)15-11-17-29(5)19-13-21-31(7)23-25-33-35(9,10)34-26-24-32(8)22-14-20-30(6)18-12-16-28(3)4/h15-16,19-20,23-24H,11-14,17-18,21-22,25-26H2,1-10H3/b29-19+,30-20+,31-23+,32-24+. The maximum Gasteiger partial charge on any atom is 0.332 e. The fourth-order valence-corrected chi connectivity index (χ4v) is 4.54. The van der Waals surface area contributed by atoms with Gasteiger partial charge < -0.3 is 8.85 Å². The van der Waals surface area contributed by atoms with Crippen LogP contribution in [0.3, 0.4) is 0 Å². The maximum atomic E-state index is 6.13. The molecular formula is C32H56O2Si. The lowest BCUT2D eigenvalue weighted by Crippen LogP contribution is -2.35. The van der Waals surface area contributed by atoms with Crippen molar-refractivity contribution in [2.24, 2.45) is 0 Å². The first kappa shape index (κ1) is 33.6. The van der Waals surface area contributed by atoms with E-state index in [9.17, 15) is 0 Å². The van der Waals surface area contributed by atoms with Crippen LogP contribution < -0.4 is 0 Å². The summed E-state index contributed by atoms with van der Waals surface area (Å²) in [6.45, 7) is 23.1. The summed E-state index contributed by atoms with van der Waals surface area (Å²) in [4.78, 5) is 0. The van der Waals surface area contributed by atoms with Crippen molar-refractivity contribution in [2.45, 2.75) is 120 Å². The van der Waals surface area contributed by atoms with Crippen molar-refractivity contribution in [2.75, 3.05) is 13.2 Å². The predicted molar refractivity (Wildman–Crippen MR) is 160 cm³/mol. The Kier molecular flexibility index (Phi) is 18.9. The first-order valence-corrected chi connectivity index (χ1v) is 16.4. The first-order valence-electron chi connectivity index (χ1n) is 13.6. The van der Waals surface area contributed by atoms with Gasteiger partial charge in [-0.1, -0.05) is 69.9 Å². The lowest BCUT2D eigenvalue weighted by atomic mass is 10.1. The van der Waals surface area contributed by atoms with E-state index in [0.717, 1.165) is 51.4 Å². The SMILES string of the molecule is CC(C)=CCC/C(C)=C/CC/C(C)=C/CO[Si](C)(C)OC/C=C(\C)CC/C=C(\C)CCC=C(C)C. The molecule has 35 heavy (non-hydrogen) atoms. The molecule has 0 atom stereocenters. The van der Waals surface area contributed by atoms with Crippen LogP contribution in [0.25, 0.3) is 0 Å². The zero-order chi connectivity index (χ0) is 26.7. The Morgan fingerprint density at radius 2 is 0.743 bits per heavy atom. The van der Waals surface area contributed by atoms with Crippen LogP contribution in [-0.2, 0) is 8.85 Å². The Bertz CT molecular complexity index is 703. The summed E-state index contributed by atoms with van der Waals surface area (Å²) < 4.78 is 12.3. The molecular weight excluding hydrogens is 444 g/mol. The van der Waals surface area contributed by atoms with Crippen molar-refractivity contribution >= 4 is 8.56 Å². The minimum absolute atomic E-state index is 0.647. The molecule has 0 heterocycles. The minimum atomic E-state index is -2.11. The average molecular weight is 501 g/mol. The highest BCUT2D eigenvalue weighted by atomic mass is 28.4. The van der Waals surface area contributed by atoms with Crippen LogP contribution in [0.1, 0.15) is 107 Å². The normalized spacial score (nSPS) is 13.8. The molecule has 0 amide bonds. The molecule has 0 saturated carbocycles. The summed E-state index contributed by atoms with van der Waals surface area (Å²) in [5.74, 6) is 0. The lowest BCUT2D eigenvalue weighted by molar-refractivity contribution is 0.213. The van der Waals surface area contributed by atoms with Crippen molar-refractivity contribution in [1.29, 1.82) is 0 Å². The summed E-state index contributed by atoms with van der Waals surface area (Å²) >= 11 is 0. The quantitative estimate of drug-likeness (QED) is 0.138. The van der Waals surface area contributed by atoms with E-state index in [2.05, 4.69) is 105 Å². The fourth-order valence-electron chi connectivity index (χ4n) is 3.49. The van der Waals surface area contributed by atoms with E-state index in [1.54, 1.807) is 0 Å². The second kappa shape index (κ2) is 19.7. The molecule has 0 aliphatic rings. The molecule has 0 N–H and O–H groups in total. The van der Waals surface area contributed by atoms with Crippen LogP contribution in [-0.4, -0.2) is 21.8 Å². The number of hydrogen-bond donors (Lipinski definition) is 0. The lowest BCUT2D eigenvalue weighted by Gasteiger charge is -2.21. The summed E-state index contributed by atoms with van der Waals surface area (Å²) in [5, 5.41) is 0. The fraction of sp³-hybridized carbons (Fsp3) is 0.625. The van der Waals surface area contributed by atoms with Crippen molar-refractivity contribution < 1.29 is 8.85 Å². The molecule has 3 heteroatoms. The summed E-state index contributed by atoms with van der Waals surface area (Å²) in [6.07, 6.45) is 22.9. The van der Waals surface area contributed by atoms with E-state index < -0.39 is 8.56 Å². The van der Waals surface area contributed by atoms with Crippen LogP contribution in [0.15, 0.2) is 69.9 Å². The summed E-state index contributed by atoms with van der Waals surface area (Å²) in [6, 6.07) is 0. The predicted octanol–water partition coefficient (Wildman–Crippen LogP) is 10.6. The van der Waals surface area contributed by atoms with E-state index in [4.69, 9.17) is 8.85 Å². The van der Waals surface area contributed by atoms with Crippen LogP contribution in [0.5, 0.6) is 0 Å². The van der Waals surface area contributed by atoms with Gasteiger partial charge in [-0.25, -0.2) is 0 Å². The molecule has 0 radical (unpaired) electrons. The molecule has 0 rings (SSSR count). The summed E-state index contributed by atoms with van der Waals surface area (Å²) in [7, 11) is -2.11. The van der Waals surface area contributed by atoms with Crippen molar-refractivity contribution in [3.05, 3.63) is 69.9 Å². The van der Waals surface area contributed by atoms with Gasteiger partial charge >= 0.3 is 8.56 Å². The third kappa shape index (κ3) is 22.8. The smallest absolute Gasteiger partial charge is 0.332 e. The number of hydrogen-bond acceptors (Lipinski definition) is 2. The van der Waals surface area contributed by atoms with Crippen LogP contribution >= 0.6 is 0 Å². The van der Waals surface area contributed by atoms with E-state index in [1.165, 1.54) is 33.4 Å². The van der Waals surface area contributed by atoms with Gasteiger partial charge in [-0.15, -0.1) is 0 Å². The van der Waals surface area contributed by atoms with Gasteiger partial charge in [0.05, 0.1) is 13.2 Å². The molecule has 0 fully saturated rings. The van der Waals surface area contributed by atoms with Crippen LogP contribution in [0, 0.1) is 0 Å². The van der Waals surface area contributed by atoms with Gasteiger partial charge in [0, 0.05) is 0 Å². The van der Waals surface area contributed by atoms with Crippen LogP contribution in [0.2, 0.25) is 13.1 Å². The highest BCUT2D eigenvalue weighted by Crippen LogP contribution is 2.14. The molecule has 0 aromatic carbocycles. The zero-order valence-corrected chi connectivity index (χ0v) is 25.9. The van der Waals surface area contributed by atoms with Gasteiger partial charge in [0.1, 0.15) is 0 Å². The highest BCUT2D eigenvalue weighted by molar-refractivity contribution is 6.64. The molecule has 0 aromatic rings. The Morgan fingerprint density at radius 3 is 1.06 bits per heavy atom. The van der Waals surface area contributed by atoms with E-state index in [-0.39, 0.29) is 0 Å². The first-order chi connectivity index (χ1) is 16.4. The molecule has 0 unspecified atom stereocenters. The molecule has 0 spiro atoms. The monoisotopic (exact) mass is 500 g/mol. The molecule has 0 aromatic heterocycles. The van der Waals surface area contributed by atoms with Gasteiger partial charge in [-0.05, 0) is 120 Å². The van der Waals surface area contributed by atoms with E-state index in [1.807, 2.05) is 0 Å². The Hall–Kier alpha value is -1.42. The maximum absolute atomic E-state index is 6.13. The average Bonchev–Trinajstić information content (AvgIpc) is 2.73. The zero-order valence-electron chi connectivity index (χ0n) is 24.9. The number of allylic oxidation sites excluding steroid dienone is 10. The Labute approximate surface area is 220 Å². The van der Waals surface area contributed by atoms with Crippen LogP contribution in [0.4, 0.5) is 0 Å². The molecule has 0 saturated heterocycles. The Morgan fingerprint density at radius 1 is 0.457 bits per heavy atom. The van der Waals surface area contributed by atoms with Crippen molar-refractivity contribution in [1.82, 2.24) is 0 Å². The third-order valence-electron chi connectivity index (χ3n) is 5.97. The molecule has 200 valence electrons. The molecule has 2 nitrogen and oxygen atoms in total. The number of rotatable bonds is 18. The second-order valence-corrected chi connectivity index (χ2v) is 14.3. The van der Waals surface area contributed by atoms with Gasteiger partial charge in [-0.3, -0.25) is 0 Å².